The van der Waals surface area contributed by atoms with Crippen molar-refractivity contribution in [2.24, 2.45) is 17.6 Å². The van der Waals surface area contributed by atoms with Gasteiger partial charge in [0.25, 0.3) is 0 Å². The maximum Gasteiger partial charge on any atom is 0.128 e. The van der Waals surface area contributed by atoms with Crippen LogP contribution in [0.15, 0.2) is 0 Å². The molecule has 3 heteroatoms. The molecule has 3 nitrogen and oxygen atoms in total. The first-order valence-electron chi connectivity index (χ1n) is 7.15. The molecule has 0 fully saturated rings. The minimum absolute atomic E-state index is 0.626. The molecule has 0 spiro atoms. The number of hydrogen-bond acceptors (Lipinski definition) is 3. The number of nitrogens with two attached hydrogens (primary N) is 1. The summed E-state index contributed by atoms with van der Waals surface area (Å²) in [5.41, 5.74) is 9.61. The lowest BCUT2D eigenvalue weighted by Gasteiger charge is -2.24. The van der Waals surface area contributed by atoms with Crippen molar-refractivity contribution in [1.29, 1.82) is 0 Å². The first kappa shape index (κ1) is 13.5. The van der Waals surface area contributed by atoms with Gasteiger partial charge in [0.15, 0.2) is 0 Å². The molecule has 1 aromatic heterocycles. The molecule has 18 heavy (non-hydrogen) atoms. The summed E-state index contributed by atoms with van der Waals surface area (Å²) in [5, 5.41) is 0. The number of hydrogen-bond donors (Lipinski definition) is 1. The van der Waals surface area contributed by atoms with Crippen molar-refractivity contribution in [3.63, 3.8) is 0 Å². The largest absolute Gasteiger partial charge is 0.330 e. The van der Waals surface area contributed by atoms with Crippen LogP contribution < -0.4 is 5.73 Å². The van der Waals surface area contributed by atoms with E-state index in [-0.39, 0.29) is 0 Å². The van der Waals surface area contributed by atoms with Crippen LogP contribution in [-0.4, -0.2) is 16.5 Å². The summed E-state index contributed by atoms with van der Waals surface area (Å²) in [6.07, 6.45) is 5.51. The van der Waals surface area contributed by atoms with Gasteiger partial charge in [-0.15, -0.1) is 0 Å². The molecule has 1 aliphatic rings. The highest BCUT2D eigenvalue weighted by Crippen LogP contribution is 2.25. The second kappa shape index (κ2) is 5.79. The molecule has 1 aromatic rings. The molecule has 1 atom stereocenters. The molecule has 0 saturated heterocycles. The van der Waals surface area contributed by atoms with Gasteiger partial charge in [-0.25, -0.2) is 9.97 Å². The standard InChI is InChI=1S/C15H25N3/c1-10(2)4-7-15-17-11(3)13-8-12(9-16)5-6-14(13)18-15/h10,12H,4-9,16H2,1-3H3. The Labute approximate surface area is 110 Å². The monoisotopic (exact) mass is 247 g/mol. The Morgan fingerprint density at radius 3 is 2.78 bits per heavy atom. The topological polar surface area (TPSA) is 51.8 Å². The Kier molecular flexibility index (Phi) is 4.33. The third-order valence-electron chi connectivity index (χ3n) is 3.91. The lowest BCUT2D eigenvalue weighted by atomic mass is 9.86. The Morgan fingerprint density at radius 2 is 2.11 bits per heavy atom. The zero-order chi connectivity index (χ0) is 13.1. The summed E-state index contributed by atoms with van der Waals surface area (Å²) in [6.45, 7) is 7.40. The van der Waals surface area contributed by atoms with Crippen LogP contribution in [0, 0.1) is 18.8 Å². The van der Waals surface area contributed by atoms with E-state index >= 15 is 0 Å². The van der Waals surface area contributed by atoms with E-state index in [2.05, 4.69) is 25.8 Å². The van der Waals surface area contributed by atoms with Crippen molar-refractivity contribution in [2.75, 3.05) is 6.54 Å². The lowest BCUT2D eigenvalue weighted by Crippen LogP contribution is -2.24. The van der Waals surface area contributed by atoms with Crippen LogP contribution in [0.1, 0.15) is 49.5 Å². The van der Waals surface area contributed by atoms with Gasteiger partial charge in [0.1, 0.15) is 5.82 Å². The van der Waals surface area contributed by atoms with Crippen LogP contribution >= 0.6 is 0 Å². The first-order valence-corrected chi connectivity index (χ1v) is 7.15. The normalized spacial score (nSPS) is 19.1. The Balaban J connectivity index is 2.16. The predicted octanol–water partition coefficient (Wildman–Crippen LogP) is 2.44. The fourth-order valence-corrected chi connectivity index (χ4v) is 2.65. The molecule has 0 aliphatic heterocycles. The number of rotatable bonds is 4. The van der Waals surface area contributed by atoms with E-state index in [4.69, 9.17) is 10.7 Å². The second-order valence-electron chi connectivity index (χ2n) is 5.93. The minimum atomic E-state index is 0.626. The van der Waals surface area contributed by atoms with Gasteiger partial charge in [-0.05, 0) is 56.6 Å². The maximum absolute atomic E-state index is 5.78. The molecule has 2 N–H and O–H groups in total. The average molecular weight is 247 g/mol. The van der Waals surface area contributed by atoms with E-state index in [0.29, 0.717) is 11.8 Å². The van der Waals surface area contributed by atoms with Gasteiger partial charge in [-0.2, -0.15) is 0 Å². The van der Waals surface area contributed by atoms with Gasteiger partial charge in [0, 0.05) is 17.8 Å². The van der Waals surface area contributed by atoms with Crippen molar-refractivity contribution >= 4 is 0 Å². The van der Waals surface area contributed by atoms with E-state index in [1.807, 2.05) is 0 Å². The summed E-state index contributed by atoms with van der Waals surface area (Å²) < 4.78 is 0. The van der Waals surface area contributed by atoms with Crippen molar-refractivity contribution in [2.45, 2.75) is 52.9 Å². The number of aromatic nitrogens is 2. The van der Waals surface area contributed by atoms with Gasteiger partial charge in [0.2, 0.25) is 0 Å². The van der Waals surface area contributed by atoms with Gasteiger partial charge in [-0.1, -0.05) is 13.8 Å². The Morgan fingerprint density at radius 1 is 1.33 bits per heavy atom. The Bertz CT molecular complexity index is 412. The molecule has 0 saturated carbocycles. The summed E-state index contributed by atoms with van der Waals surface area (Å²) in [4.78, 5) is 9.44. The van der Waals surface area contributed by atoms with Crippen LogP contribution in [-0.2, 0) is 19.3 Å². The van der Waals surface area contributed by atoms with Gasteiger partial charge in [0.05, 0.1) is 0 Å². The third-order valence-corrected chi connectivity index (χ3v) is 3.91. The van der Waals surface area contributed by atoms with Crippen molar-refractivity contribution in [1.82, 2.24) is 9.97 Å². The molecule has 1 unspecified atom stereocenters. The third kappa shape index (κ3) is 3.08. The molecule has 0 bridgehead atoms. The highest BCUT2D eigenvalue weighted by molar-refractivity contribution is 5.28. The molecule has 0 radical (unpaired) electrons. The zero-order valence-electron chi connectivity index (χ0n) is 11.9. The summed E-state index contributed by atoms with van der Waals surface area (Å²) in [6, 6.07) is 0. The van der Waals surface area contributed by atoms with Gasteiger partial charge in [-0.3, -0.25) is 0 Å². The minimum Gasteiger partial charge on any atom is -0.330 e. The molecule has 0 aromatic carbocycles. The molecular weight excluding hydrogens is 222 g/mol. The first-order chi connectivity index (χ1) is 8.60. The van der Waals surface area contributed by atoms with E-state index in [9.17, 15) is 0 Å². The molecule has 1 aliphatic carbocycles. The lowest BCUT2D eigenvalue weighted by molar-refractivity contribution is 0.457. The van der Waals surface area contributed by atoms with E-state index in [0.717, 1.165) is 31.6 Å². The van der Waals surface area contributed by atoms with Crippen LogP contribution in [0.4, 0.5) is 0 Å². The molecule has 0 amide bonds. The molecule has 100 valence electrons. The fraction of sp³-hybridized carbons (Fsp3) is 0.733. The van der Waals surface area contributed by atoms with Crippen molar-refractivity contribution in [3.8, 4) is 0 Å². The summed E-state index contributed by atoms with van der Waals surface area (Å²) in [7, 11) is 0. The van der Waals surface area contributed by atoms with Crippen LogP contribution in [0.3, 0.4) is 0 Å². The van der Waals surface area contributed by atoms with Crippen LogP contribution in [0.2, 0.25) is 0 Å². The summed E-state index contributed by atoms with van der Waals surface area (Å²) >= 11 is 0. The number of aryl methyl sites for hydroxylation is 3. The predicted molar refractivity (Wildman–Crippen MR) is 74.5 cm³/mol. The van der Waals surface area contributed by atoms with Crippen molar-refractivity contribution < 1.29 is 0 Å². The SMILES string of the molecule is Cc1nc(CCC(C)C)nc2c1CC(CN)CC2. The zero-order valence-corrected chi connectivity index (χ0v) is 11.9. The van der Waals surface area contributed by atoms with Crippen LogP contribution in [0.5, 0.6) is 0 Å². The average Bonchev–Trinajstić information content (AvgIpc) is 2.36. The van der Waals surface area contributed by atoms with E-state index in [1.54, 1.807) is 0 Å². The highest BCUT2D eigenvalue weighted by Gasteiger charge is 2.21. The molecule has 2 rings (SSSR count). The number of fused-ring (bicyclic) bond motifs is 1. The Hall–Kier alpha value is -0.960. The smallest absolute Gasteiger partial charge is 0.128 e. The maximum atomic E-state index is 5.78. The van der Waals surface area contributed by atoms with Gasteiger partial charge < -0.3 is 5.73 Å². The van der Waals surface area contributed by atoms with Gasteiger partial charge >= 0.3 is 0 Å². The molecular formula is C15H25N3. The van der Waals surface area contributed by atoms with Crippen molar-refractivity contribution in [3.05, 3.63) is 22.8 Å². The number of nitrogens with zero attached hydrogens (tertiary/aromatic N) is 2. The molecule has 1 heterocycles. The van der Waals surface area contributed by atoms with E-state index in [1.165, 1.54) is 29.8 Å². The highest BCUT2D eigenvalue weighted by atomic mass is 14.9. The quantitative estimate of drug-likeness (QED) is 0.889. The van der Waals surface area contributed by atoms with Crippen LogP contribution in [0.25, 0.3) is 0 Å². The van der Waals surface area contributed by atoms with E-state index < -0.39 is 0 Å². The second-order valence-corrected chi connectivity index (χ2v) is 5.93. The fourth-order valence-electron chi connectivity index (χ4n) is 2.65. The summed E-state index contributed by atoms with van der Waals surface area (Å²) in [5.74, 6) is 2.37.